The number of para-hydroxylation sites is 1. The Morgan fingerprint density at radius 2 is 2.00 bits per heavy atom. The fourth-order valence-corrected chi connectivity index (χ4v) is 2.23. The molecule has 1 atom stereocenters. The van der Waals surface area contributed by atoms with Crippen molar-refractivity contribution < 1.29 is 5.11 Å². The van der Waals surface area contributed by atoms with Gasteiger partial charge in [0.1, 0.15) is 5.52 Å². The second-order valence-corrected chi connectivity index (χ2v) is 4.77. The van der Waals surface area contributed by atoms with Crippen LogP contribution >= 0.6 is 11.6 Å². The minimum atomic E-state index is -0.663. The molecule has 1 N–H and O–H groups in total. The first-order valence-electron chi connectivity index (χ1n) is 5.96. The first-order chi connectivity index (χ1) is 9.24. The molecule has 3 rings (SSSR count). The van der Waals surface area contributed by atoms with Crippen molar-refractivity contribution in [3.63, 3.8) is 0 Å². The van der Waals surface area contributed by atoms with Gasteiger partial charge < -0.3 is 5.11 Å². The van der Waals surface area contributed by atoms with Crippen LogP contribution < -0.4 is 0 Å². The Kier molecular flexibility index (Phi) is 3.19. The van der Waals surface area contributed by atoms with E-state index in [2.05, 4.69) is 10.3 Å². The van der Waals surface area contributed by atoms with Crippen LogP contribution in [0.3, 0.4) is 0 Å². The standard InChI is InChI=1S/C14H12ClN3O/c15-11-5-3-4-10(8-11)14(19)9-18-13-7-2-1-6-12(13)16-17-18/h1-8,14,19H,9H2. The summed E-state index contributed by atoms with van der Waals surface area (Å²) in [4.78, 5) is 0. The molecule has 0 spiro atoms. The van der Waals surface area contributed by atoms with Crippen LogP contribution in [0.4, 0.5) is 0 Å². The number of fused-ring (bicyclic) bond motifs is 1. The Morgan fingerprint density at radius 1 is 1.16 bits per heavy atom. The highest BCUT2D eigenvalue weighted by atomic mass is 35.5. The van der Waals surface area contributed by atoms with Crippen LogP contribution in [-0.2, 0) is 6.54 Å². The van der Waals surface area contributed by atoms with Gasteiger partial charge in [0, 0.05) is 5.02 Å². The molecule has 1 unspecified atom stereocenters. The SMILES string of the molecule is OC(Cn1nnc2ccccc21)c1cccc(Cl)c1. The number of benzene rings is 2. The zero-order valence-corrected chi connectivity index (χ0v) is 10.8. The highest BCUT2D eigenvalue weighted by molar-refractivity contribution is 6.30. The van der Waals surface area contributed by atoms with Gasteiger partial charge in [-0.2, -0.15) is 0 Å². The molecule has 0 radical (unpaired) electrons. The summed E-state index contributed by atoms with van der Waals surface area (Å²) in [6.07, 6.45) is -0.663. The Hall–Kier alpha value is -1.91. The summed E-state index contributed by atoms with van der Waals surface area (Å²) in [7, 11) is 0. The van der Waals surface area contributed by atoms with E-state index in [4.69, 9.17) is 11.6 Å². The van der Waals surface area contributed by atoms with Crippen LogP contribution in [0.1, 0.15) is 11.7 Å². The largest absolute Gasteiger partial charge is 0.386 e. The summed E-state index contributed by atoms with van der Waals surface area (Å²) >= 11 is 5.92. The van der Waals surface area contributed by atoms with Crippen LogP contribution in [0.15, 0.2) is 48.5 Å². The monoisotopic (exact) mass is 273 g/mol. The van der Waals surface area contributed by atoms with Gasteiger partial charge in [0.25, 0.3) is 0 Å². The summed E-state index contributed by atoms with van der Waals surface area (Å²) < 4.78 is 1.70. The van der Waals surface area contributed by atoms with E-state index >= 15 is 0 Å². The van der Waals surface area contributed by atoms with E-state index in [0.29, 0.717) is 11.6 Å². The zero-order chi connectivity index (χ0) is 13.2. The molecule has 19 heavy (non-hydrogen) atoms. The fourth-order valence-electron chi connectivity index (χ4n) is 2.04. The minimum absolute atomic E-state index is 0.348. The van der Waals surface area contributed by atoms with Gasteiger partial charge in [-0.15, -0.1) is 5.10 Å². The van der Waals surface area contributed by atoms with Gasteiger partial charge in [0.2, 0.25) is 0 Å². The maximum atomic E-state index is 10.2. The summed E-state index contributed by atoms with van der Waals surface area (Å²) in [5, 5.41) is 19.0. The average molecular weight is 274 g/mol. The lowest BCUT2D eigenvalue weighted by Gasteiger charge is -2.11. The Bertz CT molecular complexity index is 710. The summed E-state index contributed by atoms with van der Waals surface area (Å²) in [6, 6.07) is 14.9. The Morgan fingerprint density at radius 3 is 2.84 bits per heavy atom. The van der Waals surface area contributed by atoms with Gasteiger partial charge in [-0.3, -0.25) is 0 Å². The van der Waals surface area contributed by atoms with Gasteiger partial charge in [-0.1, -0.05) is 41.1 Å². The molecule has 0 aliphatic heterocycles. The van der Waals surface area contributed by atoms with Gasteiger partial charge in [-0.05, 0) is 29.8 Å². The molecule has 0 fully saturated rings. The van der Waals surface area contributed by atoms with E-state index in [1.807, 2.05) is 36.4 Å². The summed E-state index contributed by atoms with van der Waals surface area (Å²) in [5.74, 6) is 0. The highest BCUT2D eigenvalue weighted by Gasteiger charge is 2.11. The number of aliphatic hydroxyl groups excluding tert-OH is 1. The Balaban J connectivity index is 1.89. The molecule has 5 heteroatoms. The lowest BCUT2D eigenvalue weighted by Crippen LogP contribution is -2.10. The van der Waals surface area contributed by atoms with E-state index in [-0.39, 0.29) is 0 Å². The zero-order valence-electron chi connectivity index (χ0n) is 10.1. The van der Waals surface area contributed by atoms with E-state index in [0.717, 1.165) is 16.6 Å². The minimum Gasteiger partial charge on any atom is -0.386 e. The smallest absolute Gasteiger partial charge is 0.113 e. The third kappa shape index (κ3) is 2.45. The van der Waals surface area contributed by atoms with Crippen LogP contribution in [0.5, 0.6) is 0 Å². The third-order valence-electron chi connectivity index (χ3n) is 3.00. The summed E-state index contributed by atoms with van der Waals surface area (Å²) in [6.45, 7) is 0.348. The van der Waals surface area contributed by atoms with Crippen molar-refractivity contribution in [2.45, 2.75) is 12.6 Å². The average Bonchev–Trinajstić information content (AvgIpc) is 2.82. The molecular weight excluding hydrogens is 262 g/mol. The number of aliphatic hydroxyl groups is 1. The second kappa shape index (κ2) is 4.99. The van der Waals surface area contributed by atoms with E-state index in [1.54, 1.807) is 16.8 Å². The van der Waals surface area contributed by atoms with Gasteiger partial charge in [0.05, 0.1) is 18.2 Å². The number of halogens is 1. The molecular formula is C14H12ClN3O. The lowest BCUT2D eigenvalue weighted by atomic mass is 10.1. The third-order valence-corrected chi connectivity index (χ3v) is 3.23. The normalized spacial score (nSPS) is 12.7. The van der Waals surface area contributed by atoms with Crippen molar-refractivity contribution >= 4 is 22.6 Å². The number of nitrogens with zero attached hydrogens (tertiary/aromatic N) is 3. The van der Waals surface area contributed by atoms with Crippen LogP contribution in [0.25, 0.3) is 11.0 Å². The van der Waals surface area contributed by atoms with Crippen molar-refractivity contribution in [2.75, 3.05) is 0 Å². The number of hydrogen-bond donors (Lipinski definition) is 1. The van der Waals surface area contributed by atoms with Crippen molar-refractivity contribution in [3.05, 3.63) is 59.1 Å². The molecule has 96 valence electrons. The molecule has 0 bridgehead atoms. The van der Waals surface area contributed by atoms with Crippen LogP contribution in [-0.4, -0.2) is 20.1 Å². The number of hydrogen-bond acceptors (Lipinski definition) is 3. The lowest BCUT2D eigenvalue weighted by molar-refractivity contribution is 0.152. The topological polar surface area (TPSA) is 50.9 Å². The number of rotatable bonds is 3. The van der Waals surface area contributed by atoms with E-state index < -0.39 is 6.10 Å². The predicted octanol–water partition coefficient (Wildman–Crippen LogP) is 2.82. The molecule has 0 saturated heterocycles. The van der Waals surface area contributed by atoms with Crippen molar-refractivity contribution in [1.82, 2.24) is 15.0 Å². The quantitative estimate of drug-likeness (QED) is 0.798. The van der Waals surface area contributed by atoms with Crippen LogP contribution in [0.2, 0.25) is 5.02 Å². The maximum Gasteiger partial charge on any atom is 0.113 e. The molecule has 2 aromatic carbocycles. The van der Waals surface area contributed by atoms with Crippen LogP contribution in [0, 0.1) is 0 Å². The van der Waals surface area contributed by atoms with Crippen molar-refractivity contribution in [3.8, 4) is 0 Å². The molecule has 1 aromatic heterocycles. The van der Waals surface area contributed by atoms with Crippen molar-refractivity contribution in [2.24, 2.45) is 0 Å². The highest BCUT2D eigenvalue weighted by Crippen LogP contribution is 2.20. The molecule has 0 aliphatic rings. The Labute approximate surface area is 115 Å². The van der Waals surface area contributed by atoms with Gasteiger partial charge in [0.15, 0.2) is 0 Å². The van der Waals surface area contributed by atoms with E-state index in [1.165, 1.54) is 0 Å². The van der Waals surface area contributed by atoms with Gasteiger partial charge >= 0.3 is 0 Å². The van der Waals surface area contributed by atoms with Crippen molar-refractivity contribution in [1.29, 1.82) is 0 Å². The molecule has 1 heterocycles. The predicted molar refractivity (Wildman–Crippen MR) is 73.9 cm³/mol. The first kappa shape index (κ1) is 12.1. The molecule has 3 aromatic rings. The first-order valence-corrected chi connectivity index (χ1v) is 6.33. The van der Waals surface area contributed by atoms with E-state index in [9.17, 15) is 5.11 Å². The molecule has 4 nitrogen and oxygen atoms in total. The number of aromatic nitrogens is 3. The maximum absolute atomic E-state index is 10.2. The second-order valence-electron chi connectivity index (χ2n) is 4.33. The molecule has 0 saturated carbocycles. The molecule has 0 amide bonds. The molecule has 0 aliphatic carbocycles. The fraction of sp³-hybridized carbons (Fsp3) is 0.143. The summed E-state index contributed by atoms with van der Waals surface area (Å²) in [5.41, 5.74) is 2.50. The van der Waals surface area contributed by atoms with Gasteiger partial charge in [-0.25, -0.2) is 4.68 Å².